The fourth-order valence-corrected chi connectivity index (χ4v) is 1.91. The van der Waals surface area contributed by atoms with Crippen LogP contribution in [0.15, 0.2) is 17.5 Å². The minimum Gasteiger partial charge on any atom is -0.390 e. The molecule has 0 amide bonds. The molecule has 1 rings (SSSR count). The molecule has 0 aliphatic heterocycles. The van der Waals surface area contributed by atoms with Crippen LogP contribution in [-0.4, -0.2) is 22.2 Å². The van der Waals surface area contributed by atoms with E-state index in [0.29, 0.717) is 12.3 Å². The zero-order valence-electron chi connectivity index (χ0n) is 6.48. The molecule has 0 aliphatic carbocycles. The maximum Gasteiger partial charge on any atom is 0.114 e. The number of hydrogen-bond donors (Lipinski definition) is 2. The minimum absolute atomic E-state index is 0.365. The molecular formula is C8H11ClO2S. The monoisotopic (exact) mass is 206 g/mol. The molecule has 1 aromatic heterocycles. The molecule has 1 aromatic rings. The molecule has 0 saturated heterocycles. The normalized spacial score (nSPS) is 15.9. The first-order chi connectivity index (χ1) is 5.75. The Morgan fingerprint density at radius 1 is 1.50 bits per heavy atom. The predicted octanol–water partition coefficient (Wildman–Crippen LogP) is 1.77. The molecule has 0 bridgehead atoms. The third-order valence-electron chi connectivity index (χ3n) is 1.60. The van der Waals surface area contributed by atoms with Gasteiger partial charge in [-0.25, -0.2) is 0 Å². The van der Waals surface area contributed by atoms with Crippen molar-refractivity contribution in [2.45, 2.75) is 18.6 Å². The summed E-state index contributed by atoms with van der Waals surface area (Å²) in [5, 5.41) is 20.7. The third kappa shape index (κ3) is 2.45. The fraction of sp³-hybridized carbons (Fsp3) is 0.500. The van der Waals surface area contributed by atoms with Crippen LogP contribution in [0.5, 0.6) is 0 Å². The Labute approximate surface area is 80.4 Å². The number of halogens is 1. The maximum atomic E-state index is 9.51. The Balaban J connectivity index is 2.53. The van der Waals surface area contributed by atoms with Gasteiger partial charge < -0.3 is 10.2 Å². The molecule has 2 unspecified atom stereocenters. The van der Waals surface area contributed by atoms with Crippen molar-refractivity contribution in [3.63, 3.8) is 0 Å². The van der Waals surface area contributed by atoms with Crippen LogP contribution in [0.1, 0.15) is 17.4 Å². The summed E-state index contributed by atoms with van der Waals surface area (Å²) in [6, 6.07) is 3.64. The van der Waals surface area contributed by atoms with Gasteiger partial charge in [-0.2, -0.15) is 0 Å². The Morgan fingerprint density at radius 2 is 2.25 bits per heavy atom. The highest BCUT2D eigenvalue weighted by Crippen LogP contribution is 2.23. The van der Waals surface area contributed by atoms with Gasteiger partial charge in [0.2, 0.25) is 0 Å². The molecule has 2 N–H and O–H groups in total. The van der Waals surface area contributed by atoms with E-state index < -0.39 is 12.2 Å². The maximum absolute atomic E-state index is 9.51. The highest BCUT2D eigenvalue weighted by molar-refractivity contribution is 7.10. The zero-order valence-corrected chi connectivity index (χ0v) is 8.05. The molecule has 2 atom stereocenters. The van der Waals surface area contributed by atoms with Crippen molar-refractivity contribution in [2.24, 2.45) is 0 Å². The molecule has 1 heterocycles. The second kappa shape index (κ2) is 4.82. The summed E-state index contributed by atoms with van der Waals surface area (Å²) in [5.74, 6) is 0.365. The van der Waals surface area contributed by atoms with Crippen molar-refractivity contribution in [3.8, 4) is 0 Å². The van der Waals surface area contributed by atoms with Crippen LogP contribution in [-0.2, 0) is 0 Å². The molecule has 2 nitrogen and oxygen atoms in total. The van der Waals surface area contributed by atoms with E-state index in [2.05, 4.69) is 0 Å². The lowest BCUT2D eigenvalue weighted by Gasteiger charge is -2.14. The second-order valence-electron chi connectivity index (χ2n) is 2.51. The van der Waals surface area contributed by atoms with Crippen molar-refractivity contribution in [1.82, 2.24) is 0 Å². The van der Waals surface area contributed by atoms with E-state index in [4.69, 9.17) is 11.6 Å². The largest absolute Gasteiger partial charge is 0.390 e. The van der Waals surface area contributed by atoms with E-state index in [1.54, 1.807) is 6.07 Å². The molecule has 68 valence electrons. The van der Waals surface area contributed by atoms with E-state index >= 15 is 0 Å². The summed E-state index contributed by atoms with van der Waals surface area (Å²) in [7, 11) is 0. The molecule has 12 heavy (non-hydrogen) atoms. The molecule has 0 aliphatic rings. The standard InChI is InChI=1S/C8H11ClO2S/c9-4-3-6(10)8(11)7-2-1-5-12-7/h1-2,5-6,8,10-11H,3-4H2. The molecule has 0 fully saturated rings. The van der Waals surface area contributed by atoms with E-state index in [9.17, 15) is 10.2 Å². The van der Waals surface area contributed by atoms with Crippen LogP contribution in [0.2, 0.25) is 0 Å². The van der Waals surface area contributed by atoms with Gasteiger partial charge in [0.1, 0.15) is 6.10 Å². The predicted molar refractivity (Wildman–Crippen MR) is 50.6 cm³/mol. The van der Waals surface area contributed by atoms with Crippen molar-refractivity contribution in [3.05, 3.63) is 22.4 Å². The number of alkyl halides is 1. The van der Waals surface area contributed by atoms with Gasteiger partial charge in [-0.15, -0.1) is 22.9 Å². The van der Waals surface area contributed by atoms with Gasteiger partial charge in [-0.1, -0.05) is 6.07 Å². The van der Waals surface area contributed by atoms with Crippen molar-refractivity contribution in [1.29, 1.82) is 0 Å². The van der Waals surface area contributed by atoms with Gasteiger partial charge in [0, 0.05) is 10.8 Å². The van der Waals surface area contributed by atoms with E-state index in [1.807, 2.05) is 11.4 Å². The Bertz CT molecular complexity index is 213. The van der Waals surface area contributed by atoms with E-state index in [1.165, 1.54) is 11.3 Å². The van der Waals surface area contributed by atoms with Gasteiger partial charge in [-0.3, -0.25) is 0 Å². The Hall–Kier alpha value is -0.0900. The summed E-state index contributed by atoms with van der Waals surface area (Å²) in [6.45, 7) is 0. The Kier molecular flexibility index (Phi) is 4.01. The number of hydrogen-bond acceptors (Lipinski definition) is 3. The lowest BCUT2D eigenvalue weighted by atomic mass is 10.1. The van der Waals surface area contributed by atoms with Crippen molar-refractivity contribution >= 4 is 22.9 Å². The first kappa shape index (κ1) is 9.99. The number of aliphatic hydroxyl groups is 2. The number of aliphatic hydroxyl groups excluding tert-OH is 2. The summed E-state index contributed by atoms with van der Waals surface area (Å²) < 4.78 is 0. The van der Waals surface area contributed by atoms with Crippen LogP contribution in [0, 0.1) is 0 Å². The molecule has 0 radical (unpaired) electrons. The SMILES string of the molecule is OC(CCCl)C(O)c1cccs1. The highest BCUT2D eigenvalue weighted by Gasteiger charge is 2.17. The Morgan fingerprint density at radius 3 is 2.75 bits per heavy atom. The van der Waals surface area contributed by atoms with Gasteiger partial charge in [0.15, 0.2) is 0 Å². The summed E-state index contributed by atoms with van der Waals surface area (Å²) in [6.07, 6.45) is -1.12. The summed E-state index contributed by atoms with van der Waals surface area (Å²) in [4.78, 5) is 0.785. The summed E-state index contributed by atoms with van der Waals surface area (Å²) in [5.41, 5.74) is 0. The van der Waals surface area contributed by atoms with Gasteiger partial charge in [-0.05, 0) is 17.9 Å². The average Bonchev–Trinajstić information content (AvgIpc) is 2.55. The second-order valence-corrected chi connectivity index (χ2v) is 3.86. The molecule has 0 spiro atoms. The topological polar surface area (TPSA) is 40.5 Å². The van der Waals surface area contributed by atoms with Crippen LogP contribution >= 0.6 is 22.9 Å². The van der Waals surface area contributed by atoms with Crippen LogP contribution in [0.25, 0.3) is 0 Å². The van der Waals surface area contributed by atoms with Gasteiger partial charge in [0.05, 0.1) is 6.10 Å². The van der Waals surface area contributed by atoms with E-state index in [-0.39, 0.29) is 0 Å². The molecule has 4 heteroatoms. The highest BCUT2D eigenvalue weighted by atomic mass is 35.5. The van der Waals surface area contributed by atoms with Crippen LogP contribution < -0.4 is 0 Å². The smallest absolute Gasteiger partial charge is 0.114 e. The molecule has 0 aromatic carbocycles. The number of rotatable bonds is 4. The summed E-state index contributed by atoms with van der Waals surface area (Å²) >= 11 is 6.87. The van der Waals surface area contributed by atoms with Crippen LogP contribution in [0.3, 0.4) is 0 Å². The lowest BCUT2D eigenvalue weighted by Crippen LogP contribution is -2.17. The average molecular weight is 207 g/mol. The van der Waals surface area contributed by atoms with Crippen LogP contribution in [0.4, 0.5) is 0 Å². The van der Waals surface area contributed by atoms with Crippen molar-refractivity contribution < 1.29 is 10.2 Å². The molecular weight excluding hydrogens is 196 g/mol. The lowest BCUT2D eigenvalue weighted by molar-refractivity contribution is 0.0191. The minimum atomic E-state index is -0.788. The van der Waals surface area contributed by atoms with Gasteiger partial charge in [0.25, 0.3) is 0 Å². The van der Waals surface area contributed by atoms with Crippen molar-refractivity contribution in [2.75, 3.05) is 5.88 Å². The quantitative estimate of drug-likeness (QED) is 0.738. The third-order valence-corrected chi connectivity index (χ3v) is 2.77. The van der Waals surface area contributed by atoms with E-state index in [0.717, 1.165) is 4.88 Å². The fourth-order valence-electron chi connectivity index (χ4n) is 0.919. The first-order valence-corrected chi connectivity index (χ1v) is 5.12. The number of thiophene rings is 1. The molecule has 0 saturated carbocycles. The first-order valence-electron chi connectivity index (χ1n) is 3.71. The van der Waals surface area contributed by atoms with Gasteiger partial charge >= 0.3 is 0 Å². The zero-order chi connectivity index (χ0) is 8.97.